The molecule has 0 radical (unpaired) electrons. The van der Waals surface area contributed by atoms with Gasteiger partial charge in [0.2, 0.25) is 0 Å². The van der Waals surface area contributed by atoms with Gasteiger partial charge in [0.05, 0.1) is 6.54 Å². The highest BCUT2D eigenvalue weighted by Crippen LogP contribution is 2.31. The van der Waals surface area contributed by atoms with E-state index in [4.69, 9.17) is 16.3 Å². The van der Waals surface area contributed by atoms with Crippen LogP contribution in [0, 0.1) is 0 Å². The molecule has 2 nitrogen and oxygen atoms in total. The van der Waals surface area contributed by atoms with E-state index in [1.165, 1.54) is 11.1 Å². The van der Waals surface area contributed by atoms with Crippen molar-refractivity contribution >= 4 is 17.3 Å². The van der Waals surface area contributed by atoms with Gasteiger partial charge in [-0.05, 0) is 47.9 Å². The lowest BCUT2D eigenvalue weighted by Crippen LogP contribution is -2.23. The van der Waals surface area contributed by atoms with Crippen LogP contribution in [0.25, 0.3) is 0 Å². The summed E-state index contributed by atoms with van der Waals surface area (Å²) in [6.07, 6.45) is 2.16. The molecule has 3 rings (SSSR count). The SMILES string of the molecule is CCc1ccc(NCC2Cc3cc(Cl)ccc3O2)cc1. The topological polar surface area (TPSA) is 21.3 Å². The minimum absolute atomic E-state index is 0.175. The van der Waals surface area contributed by atoms with Gasteiger partial charge in [-0.15, -0.1) is 0 Å². The Bertz CT molecular complexity index is 594. The van der Waals surface area contributed by atoms with Gasteiger partial charge in [0.15, 0.2) is 0 Å². The van der Waals surface area contributed by atoms with E-state index in [1.54, 1.807) is 0 Å². The highest BCUT2D eigenvalue weighted by molar-refractivity contribution is 6.30. The van der Waals surface area contributed by atoms with Crippen molar-refractivity contribution in [2.45, 2.75) is 25.9 Å². The van der Waals surface area contributed by atoms with Gasteiger partial charge in [0.1, 0.15) is 11.9 Å². The van der Waals surface area contributed by atoms with Crippen LogP contribution < -0.4 is 10.1 Å². The number of benzene rings is 2. The summed E-state index contributed by atoms with van der Waals surface area (Å²) in [4.78, 5) is 0. The van der Waals surface area contributed by atoms with E-state index in [0.29, 0.717) is 0 Å². The van der Waals surface area contributed by atoms with Crippen LogP contribution in [0.3, 0.4) is 0 Å². The Morgan fingerprint density at radius 2 is 2.00 bits per heavy atom. The van der Waals surface area contributed by atoms with Crippen LogP contribution in [0.1, 0.15) is 18.1 Å². The van der Waals surface area contributed by atoms with Crippen LogP contribution in [-0.2, 0) is 12.8 Å². The van der Waals surface area contributed by atoms with E-state index in [9.17, 15) is 0 Å². The predicted octanol–water partition coefficient (Wildman–Crippen LogP) is 4.32. The third kappa shape index (κ3) is 2.91. The number of anilines is 1. The third-order valence-corrected chi connectivity index (χ3v) is 3.89. The Morgan fingerprint density at radius 1 is 1.20 bits per heavy atom. The number of ether oxygens (including phenoxy) is 1. The first kappa shape index (κ1) is 13.3. The van der Waals surface area contributed by atoms with Crippen molar-refractivity contribution in [2.75, 3.05) is 11.9 Å². The Morgan fingerprint density at radius 3 is 2.75 bits per heavy atom. The number of hydrogen-bond acceptors (Lipinski definition) is 2. The summed E-state index contributed by atoms with van der Waals surface area (Å²) in [5.74, 6) is 0.961. The van der Waals surface area contributed by atoms with E-state index < -0.39 is 0 Å². The summed E-state index contributed by atoms with van der Waals surface area (Å²) in [5.41, 5.74) is 3.69. The molecule has 0 spiro atoms. The predicted molar refractivity (Wildman–Crippen MR) is 83.9 cm³/mol. The molecule has 104 valence electrons. The van der Waals surface area contributed by atoms with Crippen LogP contribution in [0.4, 0.5) is 5.69 Å². The molecule has 1 unspecified atom stereocenters. The molecule has 2 aromatic rings. The molecule has 20 heavy (non-hydrogen) atoms. The smallest absolute Gasteiger partial charge is 0.123 e. The number of aryl methyl sites for hydroxylation is 1. The van der Waals surface area contributed by atoms with Gasteiger partial charge in [0, 0.05) is 17.1 Å². The number of rotatable bonds is 4. The second-order valence-electron chi connectivity index (χ2n) is 5.13. The quantitative estimate of drug-likeness (QED) is 0.904. The minimum Gasteiger partial charge on any atom is -0.488 e. The fourth-order valence-corrected chi connectivity index (χ4v) is 2.69. The van der Waals surface area contributed by atoms with Crippen LogP contribution in [-0.4, -0.2) is 12.6 Å². The lowest BCUT2D eigenvalue weighted by Gasteiger charge is -2.13. The molecule has 0 aromatic heterocycles. The number of fused-ring (bicyclic) bond motifs is 1. The van der Waals surface area contributed by atoms with Gasteiger partial charge in [-0.3, -0.25) is 0 Å². The molecule has 0 saturated carbocycles. The zero-order valence-electron chi connectivity index (χ0n) is 11.5. The number of hydrogen-bond donors (Lipinski definition) is 1. The van der Waals surface area contributed by atoms with Gasteiger partial charge in [-0.2, -0.15) is 0 Å². The first-order valence-corrected chi connectivity index (χ1v) is 7.40. The zero-order chi connectivity index (χ0) is 13.9. The molecule has 0 aliphatic carbocycles. The van der Waals surface area contributed by atoms with E-state index in [1.807, 2.05) is 18.2 Å². The third-order valence-electron chi connectivity index (χ3n) is 3.66. The minimum atomic E-state index is 0.175. The molecule has 2 aromatic carbocycles. The Balaban J connectivity index is 1.58. The Hall–Kier alpha value is -1.67. The molecule has 0 bridgehead atoms. The Kier molecular flexibility index (Phi) is 3.83. The standard InChI is InChI=1S/C17H18ClNO/c1-2-12-3-6-15(7-4-12)19-11-16-10-13-9-14(18)5-8-17(13)20-16/h3-9,16,19H,2,10-11H2,1H3. The van der Waals surface area contributed by atoms with E-state index in [2.05, 4.69) is 36.5 Å². The molecule has 1 aliphatic rings. The molecule has 1 heterocycles. The molecule has 1 N–H and O–H groups in total. The van der Waals surface area contributed by atoms with Crippen LogP contribution in [0.5, 0.6) is 5.75 Å². The summed E-state index contributed by atoms with van der Waals surface area (Å²) >= 11 is 6.00. The molecular formula is C17H18ClNO. The van der Waals surface area contributed by atoms with E-state index >= 15 is 0 Å². The van der Waals surface area contributed by atoms with E-state index in [-0.39, 0.29) is 6.10 Å². The maximum absolute atomic E-state index is 6.00. The average Bonchev–Trinajstić information content (AvgIpc) is 2.87. The first-order valence-electron chi connectivity index (χ1n) is 7.02. The molecule has 0 amide bonds. The maximum atomic E-state index is 6.00. The molecule has 0 fully saturated rings. The van der Waals surface area contributed by atoms with Crippen molar-refractivity contribution in [1.29, 1.82) is 0 Å². The van der Waals surface area contributed by atoms with Gasteiger partial charge in [-0.25, -0.2) is 0 Å². The molecule has 0 saturated heterocycles. The fourth-order valence-electron chi connectivity index (χ4n) is 2.49. The lowest BCUT2D eigenvalue weighted by molar-refractivity contribution is 0.246. The summed E-state index contributed by atoms with van der Waals surface area (Å²) < 4.78 is 5.91. The lowest BCUT2D eigenvalue weighted by atomic mass is 10.1. The van der Waals surface area contributed by atoms with Gasteiger partial charge >= 0.3 is 0 Å². The van der Waals surface area contributed by atoms with Crippen molar-refractivity contribution < 1.29 is 4.74 Å². The van der Waals surface area contributed by atoms with Crippen molar-refractivity contribution in [1.82, 2.24) is 0 Å². The second-order valence-corrected chi connectivity index (χ2v) is 5.56. The normalized spacial score (nSPS) is 16.6. The summed E-state index contributed by atoms with van der Waals surface area (Å²) in [6, 6.07) is 14.4. The zero-order valence-corrected chi connectivity index (χ0v) is 12.3. The monoisotopic (exact) mass is 287 g/mol. The van der Waals surface area contributed by atoms with Crippen LogP contribution >= 0.6 is 11.6 Å². The maximum Gasteiger partial charge on any atom is 0.123 e. The highest BCUT2D eigenvalue weighted by atomic mass is 35.5. The largest absolute Gasteiger partial charge is 0.488 e. The second kappa shape index (κ2) is 5.76. The van der Waals surface area contributed by atoms with Crippen LogP contribution in [0.2, 0.25) is 5.02 Å². The number of halogens is 1. The number of nitrogens with one attached hydrogen (secondary N) is 1. The van der Waals surface area contributed by atoms with Crippen LogP contribution in [0.15, 0.2) is 42.5 Å². The summed E-state index contributed by atoms with van der Waals surface area (Å²) in [5, 5.41) is 4.20. The summed E-state index contributed by atoms with van der Waals surface area (Å²) in [7, 11) is 0. The Labute approximate surface area is 124 Å². The highest BCUT2D eigenvalue weighted by Gasteiger charge is 2.22. The van der Waals surface area contributed by atoms with Crippen molar-refractivity contribution in [3.63, 3.8) is 0 Å². The van der Waals surface area contributed by atoms with Crippen molar-refractivity contribution in [3.8, 4) is 5.75 Å². The van der Waals surface area contributed by atoms with Crippen molar-refractivity contribution in [2.24, 2.45) is 0 Å². The van der Waals surface area contributed by atoms with Gasteiger partial charge in [0.25, 0.3) is 0 Å². The average molecular weight is 288 g/mol. The fraction of sp³-hybridized carbons (Fsp3) is 0.294. The summed E-state index contributed by atoms with van der Waals surface area (Å²) in [6.45, 7) is 2.97. The van der Waals surface area contributed by atoms with Gasteiger partial charge < -0.3 is 10.1 Å². The van der Waals surface area contributed by atoms with E-state index in [0.717, 1.165) is 35.8 Å². The molecule has 1 aliphatic heterocycles. The van der Waals surface area contributed by atoms with Gasteiger partial charge in [-0.1, -0.05) is 30.7 Å². The molecule has 3 heteroatoms. The molecular weight excluding hydrogens is 270 g/mol. The van der Waals surface area contributed by atoms with Crippen molar-refractivity contribution in [3.05, 3.63) is 58.6 Å². The molecule has 1 atom stereocenters. The first-order chi connectivity index (χ1) is 9.74.